The van der Waals surface area contributed by atoms with Crippen LogP contribution in [0.1, 0.15) is 12.0 Å². The number of sulfonamides is 1. The van der Waals surface area contributed by atoms with Crippen LogP contribution in [0.3, 0.4) is 0 Å². The van der Waals surface area contributed by atoms with Crippen LogP contribution in [-0.4, -0.2) is 38.2 Å². The number of aromatic nitrogens is 1. The van der Waals surface area contributed by atoms with Gasteiger partial charge in [-0.05, 0) is 30.7 Å². The molecule has 1 aromatic heterocycles. The molecular formula is C20H17N5O6S. The van der Waals surface area contributed by atoms with Crippen LogP contribution in [0.4, 0.5) is 11.5 Å². The average Bonchev–Trinajstić information content (AvgIpc) is 3.24. The summed E-state index contributed by atoms with van der Waals surface area (Å²) in [5.74, 6) is 1.57. The van der Waals surface area contributed by atoms with E-state index in [0.717, 1.165) is 17.5 Å². The Morgan fingerprint density at radius 3 is 2.53 bits per heavy atom. The predicted octanol–water partition coefficient (Wildman–Crippen LogP) is 2.52. The number of non-ortho nitro benzene ring substituents is 1. The van der Waals surface area contributed by atoms with Crippen molar-refractivity contribution in [3.8, 4) is 17.6 Å². The first-order valence-corrected chi connectivity index (χ1v) is 11.0. The molecule has 0 saturated heterocycles. The number of hydrogen-bond acceptors (Lipinski definition) is 9. The predicted molar refractivity (Wildman–Crippen MR) is 114 cm³/mol. The Hall–Kier alpha value is -3.95. The van der Waals surface area contributed by atoms with Gasteiger partial charge in [0.15, 0.2) is 11.5 Å². The number of nitrogens with zero attached hydrogens (tertiary/aromatic N) is 3. The molecule has 2 heterocycles. The van der Waals surface area contributed by atoms with Gasteiger partial charge in [0.05, 0.1) is 20.9 Å². The van der Waals surface area contributed by atoms with Gasteiger partial charge in [-0.3, -0.25) is 10.1 Å². The summed E-state index contributed by atoms with van der Waals surface area (Å²) >= 11 is 0. The van der Waals surface area contributed by atoms with Crippen molar-refractivity contribution >= 4 is 32.4 Å². The largest absolute Gasteiger partial charge is 0.454 e. The van der Waals surface area contributed by atoms with Crippen LogP contribution in [0.2, 0.25) is 0 Å². The Bertz CT molecular complexity index is 1340. The van der Waals surface area contributed by atoms with Crippen LogP contribution < -0.4 is 19.5 Å². The summed E-state index contributed by atoms with van der Waals surface area (Å²) in [5, 5.41) is 23.9. The van der Waals surface area contributed by atoms with Crippen LogP contribution in [0.15, 0.2) is 47.4 Å². The number of benzene rings is 2. The van der Waals surface area contributed by atoms with Gasteiger partial charge in [0, 0.05) is 36.7 Å². The highest BCUT2D eigenvalue weighted by molar-refractivity contribution is 7.89. The second kappa shape index (κ2) is 8.66. The number of nitro benzene ring substituents is 1. The zero-order valence-electron chi connectivity index (χ0n) is 16.6. The first kappa shape index (κ1) is 21.3. The zero-order chi connectivity index (χ0) is 22.7. The van der Waals surface area contributed by atoms with E-state index >= 15 is 0 Å². The highest BCUT2D eigenvalue weighted by Crippen LogP contribution is 2.36. The fourth-order valence-electron chi connectivity index (χ4n) is 3.12. The van der Waals surface area contributed by atoms with Crippen molar-refractivity contribution in [1.82, 2.24) is 9.71 Å². The molecular weight excluding hydrogens is 438 g/mol. The van der Waals surface area contributed by atoms with E-state index in [2.05, 4.69) is 21.1 Å². The maximum Gasteiger partial charge on any atom is 0.269 e. The number of fused-ring (bicyclic) bond motifs is 2. The molecule has 2 N–H and O–H groups in total. The molecule has 1 aliphatic heterocycles. The quantitative estimate of drug-likeness (QED) is 0.296. The molecule has 12 heteroatoms. The van der Waals surface area contributed by atoms with E-state index in [0.29, 0.717) is 41.4 Å². The smallest absolute Gasteiger partial charge is 0.269 e. The molecule has 0 saturated carbocycles. The van der Waals surface area contributed by atoms with Crippen molar-refractivity contribution in [3.63, 3.8) is 0 Å². The molecule has 32 heavy (non-hydrogen) atoms. The minimum absolute atomic E-state index is 0.0576. The van der Waals surface area contributed by atoms with Crippen molar-refractivity contribution < 1.29 is 22.8 Å². The topological polar surface area (TPSA) is 156 Å². The number of nitriles is 1. The first-order chi connectivity index (χ1) is 15.4. The summed E-state index contributed by atoms with van der Waals surface area (Å²) in [7, 11) is -3.79. The second-order valence-electron chi connectivity index (χ2n) is 6.82. The van der Waals surface area contributed by atoms with Crippen LogP contribution >= 0.6 is 0 Å². The summed E-state index contributed by atoms with van der Waals surface area (Å²) in [6.45, 7) is 0.624. The van der Waals surface area contributed by atoms with Crippen LogP contribution in [0.25, 0.3) is 10.9 Å². The third kappa shape index (κ3) is 4.39. The van der Waals surface area contributed by atoms with Gasteiger partial charge in [0.1, 0.15) is 11.9 Å². The normalized spacial score (nSPS) is 12.5. The Morgan fingerprint density at radius 2 is 1.84 bits per heavy atom. The molecule has 0 unspecified atom stereocenters. The summed E-state index contributed by atoms with van der Waals surface area (Å²) in [4.78, 5) is 14.5. The number of nitrogens with one attached hydrogen (secondary N) is 2. The zero-order valence-corrected chi connectivity index (χ0v) is 17.4. The number of nitro groups is 1. The van der Waals surface area contributed by atoms with Gasteiger partial charge < -0.3 is 14.8 Å². The lowest BCUT2D eigenvalue weighted by Gasteiger charge is -2.10. The van der Waals surface area contributed by atoms with E-state index in [-0.39, 0.29) is 23.9 Å². The van der Waals surface area contributed by atoms with Gasteiger partial charge in [-0.25, -0.2) is 18.1 Å². The first-order valence-electron chi connectivity index (χ1n) is 9.50. The molecule has 0 radical (unpaired) electrons. The Morgan fingerprint density at radius 1 is 1.12 bits per heavy atom. The molecule has 0 bridgehead atoms. The Kier molecular flexibility index (Phi) is 5.76. The van der Waals surface area contributed by atoms with E-state index in [1.165, 1.54) is 12.1 Å². The molecule has 4 rings (SSSR count). The van der Waals surface area contributed by atoms with Crippen molar-refractivity contribution in [2.45, 2.75) is 11.3 Å². The van der Waals surface area contributed by atoms with E-state index in [1.54, 1.807) is 18.2 Å². The maximum atomic E-state index is 12.3. The highest BCUT2D eigenvalue weighted by Gasteiger charge is 2.17. The molecule has 2 aromatic carbocycles. The van der Waals surface area contributed by atoms with Crippen molar-refractivity contribution in [1.29, 1.82) is 5.26 Å². The van der Waals surface area contributed by atoms with Gasteiger partial charge >= 0.3 is 0 Å². The van der Waals surface area contributed by atoms with Gasteiger partial charge in [-0.2, -0.15) is 5.26 Å². The lowest BCUT2D eigenvalue weighted by molar-refractivity contribution is -0.384. The Balaban J connectivity index is 1.36. The van der Waals surface area contributed by atoms with E-state index < -0.39 is 14.9 Å². The minimum Gasteiger partial charge on any atom is -0.454 e. The Labute approximate surface area is 182 Å². The maximum absolute atomic E-state index is 12.3. The molecule has 0 atom stereocenters. The molecule has 3 aromatic rings. The average molecular weight is 455 g/mol. The lowest BCUT2D eigenvalue weighted by atomic mass is 10.1. The summed E-state index contributed by atoms with van der Waals surface area (Å²) in [6.07, 6.45) is 0.415. The third-order valence-corrected chi connectivity index (χ3v) is 6.20. The van der Waals surface area contributed by atoms with Gasteiger partial charge in [0.2, 0.25) is 16.8 Å². The van der Waals surface area contributed by atoms with Gasteiger partial charge in [-0.15, -0.1) is 0 Å². The summed E-state index contributed by atoms with van der Waals surface area (Å²) < 4.78 is 37.8. The van der Waals surface area contributed by atoms with E-state index in [9.17, 15) is 23.8 Å². The molecule has 0 aliphatic carbocycles. The van der Waals surface area contributed by atoms with Crippen LogP contribution in [0, 0.1) is 21.4 Å². The number of pyridine rings is 1. The monoisotopic (exact) mass is 455 g/mol. The summed E-state index contributed by atoms with van der Waals surface area (Å²) in [5.41, 5.74) is 0.797. The number of hydrogen-bond donors (Lipinski definition) is 2. The number of ether oxygens (including phenoxy) is 2. The highest BCUT2D eigenvalue weighted by atomic mass is 32.2. The molecule has 0 amide bonds. The van der Waals surface area contributed by atoms with Gasteiger partial charge in [-0.1, -0.05) is 0 Å². The van der Waals surface area contributed by atoms with Crippen molar-refractivity contribution in [2.24, 2.45) is 0 Å². The molecule has 0 spiro atoms. The fourth-order valence-corrected chi connectivity index (χ4v) is 4.19. The van der Waals surface area contributed by atoms with Crippen molar-refractivity contribution in [3.05, 3.63) is 58.1 Å². The van der Waals surface area contributed by atoms with Crippen molar-refractivity contribution in [2.75, 3.05) is 25.2 Å². The molecule has 11 nitrogen and oxygen atoms in total. The standard InChI is InChI=1S/C20H17N5O6S/c21-11-14-8-13-9-18-19(31-12-30-18)10-17(13)24-20(14)22-6-1-7-23-32(28,29)16-4-2-15(3-5-16)25(26)27/h2-5,8-10,23H,1,6-7,12H2,(H,22,24). The SMILES string of the molecule is N#Cc1cc2cc3c(cc2nc1NCCCNS(=O)(=O)c1ccc([N+](=O)[O-])cc1)OCO3. The second-order valence-corrected chi connectivity index (χ2v) is 8.59. The van der Waals surface area contributed by atoms with E-state index in [1.807, 2.05) is 0 Å². The minimum atomic E-state index is -3.79. The van der Waals surface area contributed by atoms with Gasteiger partial charge in [0.25, 0.3) is 5.69 Å². The van der Waals surface area contributed by atoms with E-state index in [4.69, 9.17) is 9.47 Å². The third-order valence-electron chi connectivity index (χ3n) is 4.73. The van der Waals surface area contributed by atoms with Crippen LogP contribution in [0.5, 0.6) is 11.5 Å². The molecule has 164 valence electrons. The molecule has 0 fully saturated rings. The fraction of sp³-hybridized carbons (Fsp3) is 0.200. The van der Waals surface area contributed by atoms with Crippen LogP contribution in [-0.2, 0) is 10.0 Å². The number of anilines is 1. The lowest BCUT2D eigenvalue weighted by Crippen LogP contribution is -2.26. The summed E-state index contributed by atoms with van der Waals surface area (Å²) in [6, 6.07) is 11.9. The molecule has 1 aliphatic rings. The number of rotatable bonds is 8.